The second kappa shape index (κ2) is 8.28. The molecule has 0 radical (unpaired) electrons. The third-order valence-electron chi connectivity index (χ3n) is 3.00. The van der Waals surface area contributed by atoms with Crippen molar-refractivity contribution in [3.63, 3.8) is 0 Å². The average molecular weight is 415 g/mol. The number of methoxy groups -OCH3 is 1. The molecule has 1 aromatic rings. The Labute approximate surface area is 161 Å². The summed E-state index contributed by atoms with van der Waals surface area (Å²) >= 11 is 0. The normalized spacial score (nSPS) is 13.9. The fraction of sp³-hybridized carbons (Fsp3) is 0.611. The second-order valence-corrected chi connectivity index (χ2v) is 22.6. The molecule has 0 aliphatic carbocycles. The van der Waals surface area contributed by atoms with Crippen LogP contribution >= 0.6 is 0 Å². The van der Waals surface area contributed by atoms with Gasteiger partial charge >= 0.3 is 5.97 Å². The summed E-state index contributed by atoms with van der Waals surface area (Å²) in [5, 5.41) is 0. The highest BCUT2D eigenvalue weighted by atomic mass is 28.4. The lowest BCUT2D eigenvalue weighted by Gasteiger charge is -2.29. The summed E-state index contributed by atoms with van der Waals surface area (Å²) in [5.41, 5.74) is 0.732. The highest BCUT2D eigenvalue weighted by molar-refractivity contribution is 6.71. The van der Waals surface area contributed by atoms with Gasteiger partial charge in [0.15, 0.2) is 20.2 Å². The molecule has 0 amide bonds. The topological polar surface area (TPSA) is 54.0 Å². The maximum atomic E-state index is 12.8. The van der Waals surface area contributed by atoms with E-state index in [-0.39, 0.29) is 5.97 Å². The molecular weight excluding hydrogens is 380 g/mol. The first kappa shape index (κ1) is 22.9. The number of rotatable bonds is 8. The number of hydrogen-bond donors (Lipinski definition) is 0. The lowest BCUT2D eigenvalue weighted by atomic mass is 10.1. The SMILES string of the molecule is COc1cc([C@H](O[Si](C)(C)C)C(=O)O[Si](C)(C)C)ccc1O[Si](C)(C)C. The minimum Gasteiger partial charge on any atom is -0.542 e. The Kier molecular flexibility index (Phi) is 7.31. The van der Waals surface area contributed by atoms with Gasteiger partial charge in [-0.3, -0.25) is 4.79 Å². The van der Waals surface area contributed by atoms with Gasteiger partial charge in [-0.2, -0.15) is 0 Å². The number of ether oxygens (including phenoxy) is 1. The number of hydrogen-bond acceptors (Lipinski definition) is 5. The summed E-state index contributed by atoms with van der Waals surface area (Å²) in [6.45, 7) is 18.5. The van der Waals surface area contributed by atoms with Crippen molar-refractivity contribution in [2.24, 2.45) is 0 Å². The van der Waals surface area contributed by atoms with E-state index in [9.17, 15) is 4.79 Å². The van der Waals surface area contributed by atoms with Gasteiger partial charge < -0.3 is 18.0 Å². The molecule has 0 aliphatic heterocycles. The van der Waals surface area contributed by atoms with E-state index in [4.69, 9.17) is 18.0 Å². The molecule has 0 bridgehead atoms. The molecular formula is C18H34O5Si3. The van der Waals surface area contributed by atoms with Gasteiger partial charge in [0.05, 0.1) is 7.11 Å². The molecule has 0 heterocycles. The molecule has 0 aliphatic rings. The highest BCUT2D eigenvalue weighted by Gasteiger charge is 2.33. The van der Waals surface area contributed by atoms with Gasteiger partial charge in [0, 0.05) is 0 Å². The summed E-state index contributed by atoms with van der Waals surface area (Å²) in [6.07, 6.45) is -0.747. The summed E-state index contributed by atoms with van der Waals surface area (Å²) < 4.78 is 23.5. The van der Waals surface area contributed by atoms with Gasteiger partial charge in [-0.15, -0.1) is 0 Å². The van der Waals surface area contributed by atoms with E-state index >= 15 is 0 Å². The molecule has 0 saturated heterocycles. The second-order valence-electron chi connectivity index (χ2n) is 9.27. The van der Waals surface area contributed by atoms with Gasteiger partial charge in [0.1, 0.15) is 5.75 Å². The van der Waals surface area contributed by atoms with Crippen molar-refractivity contribution >= 4 is 30.9 Å². The van der Waals surface area contributed by atoms with E-state index in [1.54, 1.807) is 7.11 Å². The van der Waals surface area contributed by atoms with Crippen LogP contribution in [-0.4, -0.2) is 38.0 Å². The quantitative estimate of drug-likeness (QED) is 0.549. The van der Waals surface area contributed by atoms with Gasteiger partial charge in [-0.05, 0) is 76.6 Å². The van der Waals surface area contributed by atoms with E-state index in [1.165, 1.54) is 0 Å². The van der Waals surface area contributed by atoms with Crippen LogP contribution in [0.25, 0.3) is 0 Å². The summed E-state index contributed by atoms with van der Waals surface area (Å²) in [5.74, 6) is 0.975. The van der Waals surface area contributed by atoms with E-state index in [2.05, 4.69) is 39.3 Å². The van der Waals surface area contributed by atoms with Crippen molar-refractivity contribution in [2.75, 3.05) is 7.11 Å². The van der Waals surface area contributed by atoms with Crippen molar-refractivity contribution < 1.29 is 22.8 Å². The van der Waals surface area contributed by atoms with Crippen LogP contribution in [0.1, 0.15) is 11.7 Å². The molecule has 0 saturated carbocycles. The van der Waals surface area contributed by atoms with Gasteiger partial charge in [-0.25, -0.2) is 0 Å². The molecule has 0 fully saturated rings. The summed E-state index contributed by atoms with van der Waals surface area (Å²) in [7, 11) is -4.16. The molecule has 5 nitrogen and oxygen atoms in total. The van der Waals surface area contributed by atoms with Crippen LogP contribution in [0.5, 0.6) is 11.5 Å². The Balaban J connectivity index is 3.26. The first-order valence-corrected chi connectivity index (χ1v) is 19.1. The van der Waals surface area contributed by atoms with Crippen molar-refractivity contribution in [1.29, 1.82) is 0 Å². The van der Waals surface area contributed by atoms with E-state index in [0.717, 1.165) is 5.56 Å². The largest absolute Gasteiger partial charge is 0.542 e. The summed E-state index contributed by atoms with van der Waals surface area (Å²) in [4.78, 5) is 12.8. The van der Waals surface area contributed by atoms with Crippen LogP contribution in [0.2, 0.25) is 58.9 Å². The number of benzene rings is 1. The zero-order valence-electron chi connectivity index (χ0n) is 17.9. The van der Waals surface area contributed by atoms with Crippen LogP contribution in [0.3, 0.4) is 0 Å². The lowest BCUT2D eigenvalue weighted by molar-refractivity contribution is -0.143. The molecule has 1 aromatic carbocycles. The van der Waals surface area contributed by atoms with Crippen LogP contribution in [0.15, 0.2) is 18.2 Å². The Hall–Kier alpha value is -1.10. The predicted molar refractivity (Wildman–Crippen MR) is 114 cm³/mol. The molecule has 0 N–H and O–H groups in total. The zero-order valence-corrected chi connectivity index (χ0v) is 20.9. The molecule has 0 spiro atoms. The Morgan fingerprint density at radius 2 is 1.42 bits per heavy atom. The van der Waals surface area contributed by atoms with Crippen molar-refractivity contribution in [3.05, 3.63) is 23.8 Å². The lowest BCUT2D eigenvalue weighted by Crippen LogP contribution is -2.37. The molecule has 0 unspecified atom stereocenters. The monoisotopic (exact) mass is 414 g/mol. The van der Waals surface area contributed by atoms with Crippen molar-refractivity contribution in [3.8, 4) is 11.5 Å². The van der Waals surface area contributed by atoms with E-state index in [0.29, 0.717) is 11.5 Å². The molecule has 0 aromatic heterocycles. The van der Waals surface area contributed by atoms with Crippen molar-refractivity contribution in [1.82, 2.24) is 0 Å². The molecule has 8 heteroatoms. The third-order valence-corrected chi connectivity index (χ3v) is 5.59. The Morgan fingerprint density at radius 1 is 0.846 bits per heavy atom. The smallest absolute Gasteiger partial charge is 0.325 e. The third kappa shape index (κ3) is 8.07. The molecule has 148 valence electrons. The van der Waals surface area contributed by atoms with Crippen molar-refractivity contribution in [2.45, 2.75) is 65.0 Å². The number of carbonyl (C=O) groups is 1. The van der Waals surface area contributed by atoms with Gasteiger partial charge in [-0.1, -0.05) is 6.07 Å². The van der Waals surface area contributed by atoms with Gasteiger partial charge in [0.25, 0.3) is 0 Å². The maximum Gasteiger partial charge on any atom is 0.325 e. The minimum absolute atomic E-state index is 0.326. The molecule has 1 rings (SSSR count). The average Bonchev–Trinajstić information content (AvgIpc) is 2.40. The standard InChI is InChI=1S/C18H34O5Si3/c1-20-16-13-14(11-12-15(16)21-24(2,3)4)17(22-25(5,6)7)18(19)23-26(8,9)10/h11-13,17H,1-10H3/t17-/m0/s1. The minimum atomic E-state index is -2.02. The van der Waals surface area contributed by atoms with E-state index in [1.807, 2.05) is 37.8 Å². The fourth-order valence-electron chi connectivity index (χ4n) is 2.22. The summed E-state index contributed by atoms with van der Waals surface area (Å²) in [6, 6.07) is 5.55. The van der Waals surface area contributed by atoms with E-state index < -0.39 is 31.1 Å². The fourth-order valence-corrected chi connectivity index (χ4v) is 4.70. The van der Waals surface area contributed by atoms with Crippen LogP contribution in [-0.2, 0) is 13.6 Å². The van der Waals surface area contributed by atoms with Crippen LogP contribution in [0.4, 0.5) is 0 Å². The highest BCUT2D eigenvalue weighted by Crippen LogP contribution is 2.34. The van der Waals surface area contributed by atoms with Crippen LogP contribution in [0, 0.1) is 0 Å². The Morgan fingerprint density at radius 3 is 1.85 bits per heavy atom. The van der Waals surface area contributed by atoms with Gasteiger partial charge in [0.2, 0.25) is 16.6 Å². The Bertz CT molecular complexity index is 627. The predicted octanol–water partition coefficient (Wildman–Crippen LogP) is 5.18. The molecule has 26 heavy (non-hydrogen) atoms. The zero-order chi connectivity index (χ0) is 20.3. The first-order valence-electron chi connectivity index (χ1n) is 8.89. The molecule has 1 atom stereocenters. The first-order chi connectivity index (χ1) is 11.6. The number of carbonyl (C=O) groups excluding carboxylic acids is 1. The maximum absolute atomic E-state index is 12.8. The van der Waals surface area contributed by atoms with Crippen LogP contribution < -0.4 is 9.16 Å².